The summed E-state index contributed by atoms with van der Waals surface area (Å²) in [7, 11) is 1.66. The molecule has 1 unspecified atom stereocenters. The predicted molar refractivity (Wildman–Crippen MR) is 76.3 cm³/mol. The number of hydrogen-bond donors (Lipinski definition) is 2. The Morgan fingerprint density at radius 1 is 1.06 bits per heavy atom. The molecule has 0 saturated carbocycles. The second-order valence-electron chi connectivity index (χ2n) is 3.86. The molecule has 4 heteroatoms. The minimum Gasteiger partial charge on any atom is -0.496 e. The number of para-hydroxylation sites is 1. The molecule has 0 aliphatic heterocycles. The van der Waals surface area contributed by atoms with Crippen LogP contribution >= 0.6 is 15.9 Å². The summed E-state index contributed by atoms with van der Waals surface area (Å²) in [6.45, 7) is 0. The van der Waals surface area contributed by atoms with E-state index in [0.29, 0.717) is 0 Å². The Labute approximate surface area is 115 Å². The summed E-state index contributed by atoms with van der Waals surface area (Å²) in [5, 5.41) is 0. The van der Waals surface area contributed by atoms with Gasteiger partial charge in [0.2, 0.25) is 0 Å². The van der Waals surface area contributed by atoms with Gasteiger partial charge in [0.15, 0.2) is 0 Å². The Morgan fingerprint density at radius 3 is 2.28 bits per heavy atom. The van der Waals surface area contributed by atoms with Gasteiger partial charge in [-0.25, -0.2) is 5.43 Å². The van der Waals surface area contributed by atoms with Gasteiger partial charge >= 0.3 is 0 Å². The van der Waals surface area contributed by atoms with E-state index in [1.807, 2.05) is 48.5 Å². The third-order valence-electron chi connectivity index (χ3n) is 2.83. The highest BCUT2D eigenvalue weighted by atomic mass is 79.9. The van der Waals surface area contributed by atoms with Crippen molar-refractivity contribution in [2.75, 3.05) is 7.11 Å². The van der Waals surface area contributed by atoms with Crippen LogP contribution in [-0.2, 0) is 0 Å². The summed E-state index contributed by atoms with van der Waals surface area (Å²) >= 11 is 3.55. The number of rotatable bonds is 4. The standard InChI is InChI=1S/C14H15BrN2O/c1-18-13-9-5-3-7-11(13)14(17-16)10-6-2-4-8-12(10)15/h2-9,14,17H,16H2,1H3. The maximum absolute atomic E-state index is 5.70. The number of hydrazine groups is 1. The molecule has 0 aromatic heterocycles. The van der Waals surface area contributed by atoms with E-state index >= 15 is 0 Å². The van der Waals surface area contributed by atoms with Gasteiger partial charge in [0, 0.05) is 10.0 Å². The van der Waals surface area contributed by atoms with Crippen molar-refractivity contribution in [2.45, 2.75) is 6.04 Å². The van der Waals surface area contributed by atoms with Crippen LogP contribution in [0.3, 0.4) is 0 Å². The SMILES string of the molecule is COc1ccccc1C(NN)c1ccccc1Br. The zero-order valence-electron chi connectivity index (χ0n) is 10.1. The van der Waals surface area contributed by atoms with E-state index in [2.05, 4.69) is 21.4 Å². The fourth-order valence-corrected chi connectivity index (χ4v) is 2.47. The number of benzene rings is 2. The Bertz CT molecular complexity index is 531. The quantitative estimate of drug-likeness (QED) is 0.674. The van der Waals surface area contributed by atoms with Gasteiger partial charge in [-0.05, 0) is 17.7 Å². The maximum Gasteiger partial charge on any atom is 0.124 e. The van der Waals surface area contributed by atoms with E-state index in [4.69, 9.17) is 10.6 Å². The molecule has 0 fully saturated rings. The van der Waals surface area contributed by atoms with E-state index in [1.165, 1.54) is 0 Å². The van der Waals surface area contributed by atoms with Gasteiger partial charge in [-0.3, -0.25) is 5.84 Å². The van der Waals surface area contributed by atoms with Gasteiger partial charge in [-0.2, -0.15) is 0 Å². The van der Waals surface area contributed by atoms with Gasteiger partial charge in [0.25, 0.3) is 0 Å². The third kappa shape index (κ3) is 2.56. The highest BCUT2D eigenvalue weighted by Crippen LogP contribution is 2.32. The lowest BCUT2D eigenvalue weighted by molar-refractivity contribution is 0.404. The molecule has 1 atom stereocenters. The van der Waals surface area contributed by atoms with Crippen molar-refractivity contribution in [3.63, 3.8) is 0 Å². The molecule has 2 aromatic carbocycles. The lowest BCUT2D eigenvalue weighted by atomic mass is 9.98. The third-order valence-corrected chi connectivity index (χ3v) is 3.55. The summed E-state index contributed by atoms with van der Waals surface area (Å²) in [5.41, 5.74) is 4.92. The second kappa shape index (κ2) is 6.00. The molecule has 0 spiro atoms. The number of nitrogens with one attached hydrogen (secondary N) is 1. The molecular weight excluding hydrogens is 292 g/mol. The van der Waals surface area contributed by atoms with Gasteiger partial charge in [0.05, 0.1) is 13.2 Å². The van der Waals surface area contributed by atoms with Crippen LogP contribution in [-0.4, -0.2) is 7.11 Å². The summed E-state index contributed by atoms with van der Waals surface area (Å²) in [5.74, 6) is 6.52. The lowest BCUT2D eigenvalue weighted by Gasteiger charge is -2.20. The minimum atomic E-state index is -0.114. The highest BCUT2D eigenvalue weighted by Gasteiger charge is 2.18. The van der Waals surface area contributed by atoms with Crippen LogP contribution in [0.5, 0.6) is 5.75 Å². The van der Waals surface area contributed by atoms with Crippen molar-refractivity contribution in [1.82, 2.24) is 5.43 Å². The van der Waals surface area contributed by atoms with Crippen molar-refractivity contribution in [3.8, 4) is 5.75 Å². The van der Waals surface area contributed by atoms with Crippen molar-refractivity contribution in [1.29, 1.82) is 0 Å². The van der Waals surface area contributed by atoms with Crippen molar-refractivity contribution in [3.05, 3.63) is 64.1 Å². The largest absolute Gasteiger partial charge is 0.496 e. The van der Waals surface area contributed by atoms with Crippen LogP contribution in [0.4, 0.5) is 0 Å². The molecule has 0 saturated heterocycles. The van der Waals surface area contributed by atoms with E-state index in [9.17, 15) is 0 Å². The molecule has 0 amide bonds. The zero-order chi connectivity index (χ0) is 13.0. The number of methoxy groups -OCH3 is 1. The first-order chi connectivity index (χ1) is 8.77. The molecule has 18 heavy (non-hydrogen) atoms. The van der Waals surface area contributed by atoms with Crippen LogP contribution in [0.2, 0.25) is 0 Å². The van der Waals surface area contributed by atoms with Gasteiger partial charge in [0.1, 0.15) is 5.75 Å². The average Bonchev–Trinajstić information content (AvgIpc) is 2.42. The number of halogens is 1. The topological polar surface area (TPSA) is 47.3 Å². The summed E-state index contributed by atoms with van der Waals surface area (Å²) in [6, 6.07) is 15.7. The fourth-order valence-electron chi connectivity index (χ4n) is 1.96. The van der Waals surface area contributed by atoms with Gasteiger partial charge in [-0.15, -0.1) is 0 Å². The molecule has 0 heterocycles. The van der Waals surface area contributed by atoms with Gasteiger partial charge < -0.3 is 4.74 Å². The van der Waals surface area contributed by atoms with E-state index in [-0.39, 0.29) is 6.04 Å². The smallest absolute Gasteiger partial charge is 0.124 e. The van der Waals surface area contributed by atoms with Crippen LogP contribution in [0.25, 0.3) is 0 Å². The molecule has 2 aromatic rings. The van der Waals surface area contributed by atoms with E-state index in [0.717, 1.165) is 21.3 Å². The van der Waals surface area contributed by atoms with E-state index < -0.39 is 0 Å². The normalized spacial score (nSPS) is 12.2. The number of nitrogens with two attached hydrogens (primary N) is 1. The molecule has 0 bridgehead atoms. The van der Waals surface area contributed by atoms with Gasteiger partial charge in [-0.1, -0.05) is 52.3 Å². The second-order valence-corrected chi connectivity index (χ2v) is 4.72. The molecule has 0 aliphatic carbocycles. The molecular formula is C14H15BrN2O. The Balaban J connectivity index is 2.49. The minimum absolute atomic E-state index is 0.114. The van der Waals surface area contributed by atoms with Crippen LogP contribution < -0.4 is 16.0 Å². The average molecular weight is 307 g/mol. The lowest BCUT2D eigenvalue weighted by Crippen LogP contribution is -2.29. The summed E-state index contributed by atoms with van der Waals surface area (Å²) in [4.78, 5) is 0. The maximum atomic E-state index is 5.70. The molecule has 2 rings (SSSR count). The summed E-state index contributed by atoms with van der Waals surface area (Å²) in [6.07, 6.45) is 0. The first-order valence-electron chi connectivity index (χ1n) is 5.61. The zero-order valence-corrected chi connectivity index (χ0v) is 11.6. The predicted octanol–water partition coefficient (Wildman–Crippen LogP) is 3.01. The number of hydrogen-bond acceptors (Lipinski definition) is 3. The summed E-state index contributed by atoms with van der Waals surface area (Å²) < 4.78 is 6.39. The van der Waals surface area contributed by atoms with Crippen molar-refractivity contribution in [2.24, 2.45) is 5.84 Å². The Kier molecular flexibility index (Phi) is 4.36. The van der Waals surface area contributed by atoms with Crippen molar-refractivity contribution >= 4 is 15.9 Å². The van der Waals surface area contributed by atoms with Crippen LogP contribution in [0.15, 0.2) is 53.0 Å². The van der Waals surface area contributed by atoms with Crippen LogP contribution in [0.1, 0.15) is 17.2 Å². The van der Waals surface area contributed by atoms with Crippen LogP contribution in [0, 0.1) is 0 Å². The first kappa shape index (κ1) is 13.1. The monoisotopic (exact) mass is 306 g/mol. The Hall–Kier alpha value is -1.36. The molecule has 94 valence electrons. The highest BCUT2D eigenvalue weighted by molar-refractivity contribution is 9.10. The first-order valence-corrected chi connectivity index (χ1v) is 6.40. The number of ether oxygens (including phenoxy) is 1. The molecule has 0 aliphatic rings. The molecule has 3 nitrogen and oxygen atoms in total. The van der Waals surface area contributed by atoms with Crippen molar-refractivity contribution < 1.29 is 4.74 Å². The van der Waals surface area contributed by atoms with E-state index in [1.54, 1.807) is 7.11 Å². The Morgan fingerprint density at radius 2 is 1.67 bits per heavy atom. The fraction of sp³-hybridized carbons (Fsp3) is 0.143. The molecule has 3 N–H and O–H groups in total. The molecule has 0 radical (unpaired) electrons.